The lowest BCUT2D eigenvalue weighted by molar-refractivity contribution is 0.0317. The summed E-state index contributed by atoms with van der Waals surface area (Å²) in [5, 5.41) is 6.82. The van der Waals surface area contributed by atoms with Crippen LogP contribution in [0, 0.1) is 6.92 Å². The summed E-state index contributed by atoms with van der Waals surface area (Å²) in [5.41, 5.74) is 2.11. The maximum atomic E-state index is 9.19. The van der Waals surface area contributed by atoms with E-state index >= 15 is 0 Å². The second-order valence-electron chi connectivity index (χ2n) is 8.47. The van der Waals surface area contributed by atoms with Gasteiger partial charge in [0.1, 0.15) is 18.2 Å². The van der Waals surface area contributed by atoms with Crippen molar-refractivity contribution < 1.29 is 27.2 Å². The van der Waals surface area contributed by atoms with Gasteiger partial charge in [0.2, 0.25) is 0 Å². The number of anilines is 3. The van der Waals surface area contributed by atoms with Crippen LogP contribution in [0.2, 0.25) is 0 Å². The molecule has 2 aliphatic heterocycles. The molecule has 2 aliphatic rings. The Morgan fingerprint density at radius 2 is 1.65 bits per heavy atom. The fourth-order valence-electron chi connectivity index (χ4n) is 3.50. The molecule has 14 heteroatoms. The van der Waals surface area contributed by atoms with Crippen molar-refractivity contribution in [2.45, 2.75) is 6.92 Å². The lowest BCUT2D eigenvalue weighted by Gasteiger charge is -2.28. The van der Waals surface area contributed by atoms with Gasteiger partial charge < -0.3 is 29.7 Å². The van der Waals surface area contributed by atoms with Gasteiger partial charge >= 0.3 is 6.01 Å². The molecule has 12 nitrogen and oxygen atoms in total. The molecule has 0 radical (unpaired) electrons. The molecule has 0 amide bonds. The van der Waals surface area contributed by atoms with Crippen molar-refractivity contribution in [3.63, 3.8) is 0 Å². The Balaban J connectivity index is 0.000000695. The number of ether oxygens (including phenoxy) is 3. The predicted molar refractivity (Wildman–Crippen MR) is 146 cm³/mol. The van der Waals surface area contributed by atoms with Crippen LogP contribution in [0.15, 0.2) is 30.3 Å². The van der Waals surface area contributed by atoms with Crippen molar-refractivity contribution in [3.8, 4) is 6.01 Å². The monoisotopic (exact) mass is 554 g/mol. The highest BCUT2D eigenvalue weighted by Gasteiger charge is 2.17. The number of aryl methyl sites for hydroxylation is 1. The Morgan fingerprint density at radius 3 is 2.27 bits per heavy atom. The first-order valence-corrected chi connectivity index (χ1v) is 14.1. The van der Waals surface area contributed by atoms with E-state index in [9.17, 15) is 8.42 Å². The van der Waals surface area contributed by atoms with E-state index in [0.717, 1.165) is 57.4 Å². The fourth-order valence-corrected chi connectivity index (χ4v) is 3.72. The van der Waals surface area contributed by atoms with Gasteiger partial charge in [-0.05, 0) is 31.3 Å². The normalized spacial score (nSPS) is 16.4. The molecule has 4 rings (SSSR count). The van der Waals surface area contributed by atoms with Gasteiger partial charge in [-0.2, -0.15) is 18.4 Å². The maximum absolute atomic E-state index is 9.19. The van der Waals surface area contributed by atoms with Gasteiger partial charge in [0.05, 0.1) is 32.7 Å². The smallest absolute Gasteiger partial charge is 0.320 e. The molecule has 0 atom stereocenters. The molecule has 204 valence electrons. The number of hydrogen-bond acceptors (Lipinski definition) is 10. The number of aromatic nitrogens is 2. The van der Waals surface area contributed by atoms with Crippen molar-refractivity contribution in [3.05, 3.63) is 35.9 Å². The molecule has 37 heavy (non-hydrogen) atoms. The summed E-state index contributed by atoms with van der Waals surface area (Å²) in [4.78, 5) is 13.6. The van der Waals surface area contributed by atoms with E-state index in [4.69, 9.17) is 31.0 Å². The molecule has 2 aromatic rings. The van der Waals surface area contributed by atoms with Gasteiger partial charge in [-0.15, -0.1) is 0 Å². The van der Waals surface area contributed by atoms with E-state index in [1.54, 1.807) is 0 Å². The van der Waals surface area contributed by atoms with Gasteiger partial charge in [0, 0.05) is 44.5 Å². The van der Waals surface area contributed by atoms with Crippen LogP contribution in [-0.2, 0) is 19.6 Å². The lowest BCUT2D eigenvalue weighted by atomic mass is 10.2. The maximum Gasteiger partial charge on any atom is 0.320 e. The van der Waals surface area contributed by atoms with Crippen molar-refractivity contribution in [2.75, 3.05) is 87.5 Å². The number of thiocarbonyl (C=S) groups is 1. The minimum absolute atomic E-state index is 0.336. The summed E-state index contributed by atoms with van der Waals surface area (Å²) in [5.74, 6) is 1.39. The quantitative estimate of drug-likeness (QED) is 0.338. The standard InChI is InChI=1S/C22H30N6O3S.CH4O3S/c1-17-2-4-18(5-3-17)23-22(32)25-19-16-20(28-9-13-30-14-10-28)26-21(24-19)31-15-8-27-6-11-29-12-7-27;1-5(2,3)4/h2-5,16H,6-15H2,1H3,(H2,23,24,25,26,32);1H3,(H,2,3,4). The van der Waals surface area contributed by atoms with Crippen LogP contribution in [0.4, 0.5) is 17.3 Å². The van der Waals surface area contributed by atoms with Crippen LogP contribution in [0.1, 0.15) is 5.56 Å². The average Bonchev–Trinajstić information content (AvgIpc) is 2.85. The first kappa shape index (κ1) is 28.9. The van der Waals surface area contributed by atoms with Gasteiger partial charge in [0.15, 0.2) is 5.11 Å². The number of nitrogens with one attached hydrogen (secondary N) is 2. The molecule has 1 aromatic carbocycles. The number of rotatable bonds is 7. The zero-order valence-electron chi connectivity index (χ0n) is 21.1. The van der Waals surface area contributed by atoms with Gasteiger partial charge in [-0.25, -0.2) is 0 Å². The van der Waals surface area contributed by atoms with E-state index in [0.29, 0.717) is 43.0 Å². The summed E-state index contributed by atoms with van der Waals surface area (Å²) >= 11 is 5.49. The topological polar surface area (TPSA) is 138 Å². The van der Waals surface area contributed by atoms with Crippen LogP contribution in [0.3, 0.4) is 0 Å². The molecule has 0 bridgehead atoms. The summed E-state index contributed by atoms with van der Waals surface area (Å²) in [6.45, 7) is 9.64. The first-order chi connectivity index (χ1) is 17.7. The fraction of sp³-hybridized carbons (Fsp3) is 0.522. The molecule has 0 unspecified atom stereocenters. The minimum atomic E-state index is -3.67. The summed E-state index contributed by atoms with van der Waals surface area (Å²) in [6.07, 6.45) is 0.715. The van der Waals surface area contributed by atoms with Crippen LogP contribution in [-0.4, -0.2) is 105 Å². The second kappa shape index (κ2) is 14.4. The van der Waals surface area contributed by atoms with E-state index in [1.165, 1.54) is 5.56 Å². The molecule has 0 saturated carbocycles. The number of benzene rings is 1. The summed E-state index contributed by atoms with van der Waals surface area (Å²) in [7, 11) is -3.67. The Hall–Kier alpha value is -2.62. The molecule has 0 spiro atoms. The summed E-state index contributed by atoms with van der Waals surface area (Å²) < 4.78 is 42.7. The summed E-state index contributed by atoms with van der Waals surface area (Å²) in [6, 6.07) is 10.3. The Kier molecular flexibility index (Phi) is 11.2. The first-order valence-electron chi connectivity index (χ1n) is 11.9. The van der Waals surface area contributed by atoms with Crippen molar-refractivity contribution >= 4 is 44.8 Å². The van der Waals surface area contributed by atoms with E-state index < -0.39 is 10.1 Å². The van der Waals surface area contributed by atoms with E-state index in [1.807, 2.05) is 30.3 Å². The largest absolute Gasteiger partial charge is 0.462 e. The van der Waals surface area contributed by atoms with Crippen molar-refractivity contribution in [2.24, 2.45) is 0 Å². The molecule has 2 saturated heterocycles. The van der Waals surface area contributed by atoms with Crippen LogP contribution in [0.5, 0.6) is 6.01 Å². The van der Waals surface area contributed by atoms with Crippen LogP contribution < -0.4 is 20.3 Å². The predicted octanol–water partition coefficient (Wildman–Crippen LogP) is 1.65. The molecular formula is C23H34N6O6S2. The third-order valence-electron chi connectivity index (χ3n) is 5.32. The molecule has 0 aliphatic carbocycles. The van der Waals surface area contributed by atoms with Crippen molar-refractivity contribution in [1.29, 1.82) is 0 Å². The molecular weight excluding hydrogens is 520 g/mol. The Morgan fingerprint density at radius 1 is 1.05 bits per heavy atom. The van der Waals surface area contributed by atoms with Crippen LogP contribution >= 0.6 is 12.2 Å². The number of nitrogens with zero attached hydrogens (tertiary/aromatic N) is 4. The van der Waals surface area contributed by atoms with Gasteiger partial charge in [-0.3, -0.25) is 9.45 Å². The molecule has 3 heterocycles. The van der Waals surface area contributed by atoms with Gasteiger partial charge in [-0.1, -0.05) is 17.7 Å². The van der Waals surface area contributed by atoms with E-state index in [2.05, 4.69) is 37.3 Å². The lowest BCUT2D eigenvalue weighted by Crippen LogP contribution is -2.39. The van der Waals surface area contributed by atoms with E-state index in [-0.39, 0.29) is 0 Å². The average molecular weight is 555 g/mol. The Bertz CT molecular complexity index is 1100. The SMILES string of the molecule is CS(=O)(=O)O.Cc1ccc(NC(=S)Nc2cc(N3CCOCC3)nc(OCCN3CCOCC3)n2)cc1. The second-order valence-corrected chi connectivity index (χ2v) is 10.3. The molecule has 2 fully saturated rings. The highest BCUT2D eigenvalue weighted by atomic mass is 32.2. The minimum Gasteiger partial charge on any atom is -0.462 e. The highest BCUT2D eigenvalue weighted by molar-refractivity contribution is 7.85. The zero-order chi connectivity index (χ0) is 26.7. The highest BCUT2D eigenvalue weighted by Crippen LogP contribution is 2.21. The third-order valence-corrected chi connectivity index (χ3v) is 5.52. The van der Waals surface area contributed by atoms with Crippen molar-refractivity contribution in [1.82, 2.24) is 14.9 Å². The number of hydrogen-bond donors (Lipinski definition) is 3. The third kappa shape index (κ3) is 11.5. The number of morpholine rings is 2. The van der Waals surface area contributed by atoms with Crippen LogP contribution in [0.25, 0.3) is 0 Å². The Labute approximate surface area is 223 Å². The molecule has 1 aromatic heterocycles. The zero-order valence-corrected chi connectivity index (χ0v) is 22.7. The molecule has 3 N–H and O–H groups in total. The van der Waals surface area contributed by atoms with Gasteiger partial charge in [0.25, 0.3) is 10.1 Å².